The lowest BCUT2D eigenvalue weighted by Crippen LogP contribution is -2.34. The van der Waals surface area contributed by atoms with Crippen molar-refractivity contribution in [1.82, 2.24) is 4.90 Å². The molecule has 1 aliphatic heterocycles. The van der Waals surface area contributed by atoms with Gasteiger partial charge in [0.1, 0.15) is 5.75 Å². The van der Waals surface area contributed by atoms with Crippen LogP contribution in [0.3, 0.4) is 0 Å². The summed E-state index contributed by atoms with van der Waals surface area (Å²) in [5.74, 6) is -0.110. The molecular formula is C17H25NO3. The maximum Gasteiger partial charge on any atom is 0.335 e. The first-order valence-corrected chi connectivity index (χ1v) is 7.80. The number of ether oxygens (including phenoxy) is 1. The molecular weight excluding hydrogens is 266 g/mol. The molecule has 116 valence electrons. The molecule has 0 radical (unpaired) electrons. The van der Waals surface area contributed by atoms with Crippen molar-refractivity contribution in [2.75, 3.05) is 13.7 Å². The van der Waals surface area contributed by atoms with Crippen LogP contribution in [0.2, 0.25) is 0 Å². The van der Waals surface area contributed by atoms with E-state index in [-0.39, 0.29) is 0 Å². The summed E-state index contributed by atoms with van der Waals surface area (Å²) in [7, 11) is 1.64. The molecule has 0 bridgehead atoms. The van der Waals surface area contributed by atoms with Gasteiger partial charge in [-0.05, 0) is 44.0 Å². The molecule has 1 aromatic rings. The van der Waals surface area contributed by atoms with E-state index in [9.17, 15) is 4.79 Å². The van der Waals surface area contributed by atoms with Crippen LogP contribution >= 0.6 is 0 Å². The standard InChI is InChI=1S/C17H25NO3/c1-3-15-7-5-4-6-10-18(15)12-14-11-13(17(19)20)8-9-16(14)21-2/h8-9,11,15H,3-7,10,12H2,1-2H3,(H,19,20). The third-order valence-electron chi connectivity index (χ3n) is 4.37. The zero-order valence-corrected chi connectivity index (χ0v) is 13.0. The Morgan fingerprint density at radius 1 is 1.38 bits per heavy atom. The van der Waals surface area contributed by atoms with Crippen molar-refractivity contribution in [3.63, 3.8) is 0 Å². The monoisotopic (exact) mass is 291 g/mol. The Labute approximate surface area is 126 Å². The Bertz CT molecular complexity index is 487. The highest BCUT2D eigenvalue weighted by atomic mass is 16.5. The predicted molar refractivity (Wildman–Crippen MR) is 82.9 cm³/mol. The van der Waals surface area contributed by atoms with E-state index in [1.165, 1.54) is 25.7 Å². The number of carbonyl (C=O) groups is 1. The summed E-state index contributed by atoms with van der Waals surface area (Å²) in [5.41, 5.74) is 1.30. The van der Waals surface area contributed by atoms with Gasteiger partial charge in [0.05, 0.1) is 12.7 Å². The second-order valence-corrected chi connectivity index (χ2v) is 5.71. The molecule has 21 heavy (non-hydrogen) atoms. The van der Waals surface area contributed by atoms with Crippen LogP contribution in [-0.4, -0.2) is 35.7 Å². The lowest BCUT2D eigenvalue weighted by atomic mass is 10.1. The topological polar surface area (TPSA) is 49.8 Å². The van der Waals surface area contributed by atoms with Gasteiger partial charge in [0.25, 0.3) is 0 Å². The Balaban J connectivity index is 2.23. The predicted octanol–water partition coefficient (Wildman–Crippen LogP) is 3.55. The normalized spacial score (nSPS) is 20.0. The molecule has 1 N–H and O–H groups in total. The van der Waals surface area contributed by atoms with Gasteiger partial charge in [0.2, 0.25) is 0 Å². The quantitative estimate of drug-likeness (QED) is 0.901. The van der Waals surface area contributed by atoms with Gasteiger partial charge in [0.15, 0.2) is 0 Å². The zero-order chi connectivity index (χ0) is 15.2. The van der Waals surface area contributed by atoms with Crippen LogP contribution in [0.4, 0.5) is 0 Å². The number of carboxylic acid groups (broad SMARTS) is 1. The number of rotatable bonds is 5. The molecule has 0 amide bonds. The van der Waals surface area contributed by atoms with Gasteiger partial charge in [-0.2, -0.15) is 0 Å². The summed E-state index contributed by atoms with van der Waals surface area (Å²) < 4.78 is 5.40. The molecule has 1 unspecified atom stereocenters. The number of carboxylic acids is 1. The first-order chi connectivity index (χ1) is 10.2. The number of hydrogen-bond acceptors (Lipinski definition) is 3. The number of likely N-dealkylation sites (tertiary alicyclic amines) is 1. The molecule has 0 saturated carbocycles. The van der Waals surface area contributed by atoms with Crippen molar-refractivity contribution in [1.29, 1.82) is 0 Å². The van der Waals surface area contributed by atoms with E-state index < -0.39 is 5.97 Å². The van der Waals surface area contributed by atoms with Gasteiger partial charge in [-0.15, -0.1) is 0 Å². The van der Waals surface area contributed by atoms with E-state index >= 15 is 0 Å². The van der Waals surface area contributed by atoms with Gasteiger partial charge in [0, 0.05) is 18.2 Å². The van der Waals surface area contributed by atoms with Crippen LogP contribution in [0.15, 0.2) is 18.2 Å². The Morgan fingerprint density at radius 2 is 2.19 bits per heavy atom. The largest absolute Gasteiger partial charge is 0.496 e. The van der Waals surface area contributed by atoms with Gasteiger partial charge in [-0.3, -0.25) is 4.90 Å². The number of methoxy groups -OCH3 is 1. The third-order valence-corrected chi connectivity index (χ3v) is 4.37. The van der Waals surface area contributed by atoms with Crippen molar-refractivity contribution in [3.05, 3.63) is 29.3 Å². The molecule has 1 atom stereocenters. The van der Waals surface area contributed by atoms with Crippen molar-refractivity contribution < 1.29 is 14.6 Å². The number of aromatic carboxylic acids is 1. The Morgan fingerprint density at radius 3 is 2.86 bits per heavy atom. The van der Waals surface area contributed by atoms with Crippen LogP contribution in [0.25, 0.3) is 0 Å². The van der Waals surface area contributed by atoms with E-state index in [0.29, 0.717) is 11.6 Å². The van der Waals surface area contributed by atoms with E-state index in [1.54, 1.807) is 25.3 Å². The van der Waals surface area contributed by atoms with Crippen LogP contribution in [-0.2, 0) is 6.54 Å². The third kappa shape index (κ3) is 3.97. The zero-order valence-electron chi connectivity index (χ0n) is 13.0. The average molecular weight is 291 g/mol. The average Bonchev–Trinajstić information content (AvgIpc) is 2.72. The van der Waals surface area contributed by atoms with Gasteiger partial charge in [-0.1, -0.05) is 19.8 Å². The molecule has 1 fully saturated rings. The minimum atomic E-state index is -0.887. The fourth-order valence-electron chi connectivity index (χ4n) is 3.16. The summed E-state index contributed by atoms with van der Waals surface area (Å²) in [6.45, 7) is 4.08. The molecule has 4 nitrogen and oxygen atoms in total. The molecule has 2 rings (SSSR count). The molecule has 1 aromatic carbocycles. The lowest BCUT2D eigenvalue weighted by molar-refractivity contribution is 0.0696. The second-order valence-electron chi connectivity index (χ2n) is 5.71. The van der Waals surface area contributed by atoms with E-state index in [1.807, 2.05) is 0 Å². The number of hydrogen-bond donors (Lipinski definition) is 1. The minimum Gasteiger partial charge on any atom is -0.496 e. The van der Waals surface area contributed by atoms with Crippen LogP contribution in [0.1, 0.15) is 54.9 Å². The van der Waals surface area contributed by atoms with Gasteiger partial charge >= 0.3 is 5.97 Å². The van der Waals surface area contributed by atoms with E-state index in [4.69, 9.17) is 9.84 Å². The van der Waals surface area contributed by atoms with Crippen molar-refractivity contribution in [3.8, 4) is 5.75 Å². The highest BCUT2D eigenvalue weighted by Gasteiger charge is 2.21. The molecule has 0 aromatic heterocycles. The second kappa shape index (κ2) is 7.46. The summed E-state index contributed by atoms with van der Waals surface area (Å²) in [5, 5.41) is 9.17. The minimum absolute atomic E-state index is 0.327. The maximum atomic E-state index is 11.2. The summed E-state index contributed by atoms with van der Waals surface area (Å²) >= 11 is 0. The molecule has 1 saturated heterocycles. The lowest BCUT2D eigenvalue weighted by Gasteiger charge is -2.29. The van der Waals surface area contributed by atoms with E-state index in [0.717, 1.165) is 30.8 Å². The Kier molecular flexibility index (Phi) is 5.62. The van der Waals surface area contributed by atoms with Crippen LogP contribution in [0, 0.1) is 0 Å². The first kappa shape index (κ1) is 15.8. The molecule has 4 heteroatoms. The number of nitrogens with zero attached hydrogens (tertiary/aromatic N) is 1. The molecule has 0 aliphatic carbocycles. The van der Waals surface area contributed by atoms with Gasteiger partial charge < -0.3 is 9.84 Å². The van der Waals surface area contributed by atoms with E-state index in [2.05, 4.69) is 11.8 Å². The van der Waals surface area contributed by atoms with Crippen molar-refractivity contribution in [2.24, 2.45) is 0 Å². The van der Waals surface area contributed by atoms with Gasteiger partial charge in [-0.25, -0.2) is 4.79 Å². The molecule has 1 aliphatic rings. The number of benzene rings is 1. The Hall–Kier alpha value is -1.55. The first-order valence-electron chi connectivity index (χ1n) is 7.80. The highest BCUT2D eigenvalue weighted by Crippen LogP contribution is 2.26. The summed E-state index contributed by atoms with van der Waals surface area (Å²) in [6.07, 6.45) is 6.18. The van der Waals surface area contributed by atoms with Crippen LogP contribution in [0.5, 0.6) is 5.75 Å². The molecule has 1 heterocycles. The smallest absolute Gasteiger partial charge is 0.335 e. The highest BCUT2D eigenvalue weighted by molar-refractivity contribution is 5.88. The van der Waals surface area contributed by atoms with Crippen LogP contribution < -0.4 is 4.74 Å². The fraction of sp³-hybridized carbons (Fsp3) is 0.588. The van der Waals surface area contributed by atoms with Crippen molar-refractivity contribution in [2.45, 2.75) is 51.6 Å². The summed E-state index contributed by atoms with van der Waals surface area (Å²) in [4.78, 5) is 13.6. The fourth-order valence-corrected chi connectivity index (χ4v) is 3.16. The summed E-state index contributed by atoms with van der Waals surface area (Å²) in [6, 6.07) is 5.70. The van der Waals surface area contributed by atoms with Crippen molar-refractivity contribution >= 4 is 5.97 Å². The molecule has 0 spiro atoms. The maximum absolute atomic E-state index is 11.2. The SMILES string of the molecule is CCC1CCCCCN1Cc1cc(C(=O)O)ccc1OC.